The maximum absolute atomic E-state index is 5.77. The molecular weight excluding hydrogens is 210 g/mol. The second-order valence-electron chi connectivity index (χ2n) is 3.88. The van der Waals surface area contributed by atoms with Crippen molar-refractivity contribution >= 4 is 11.6 Å². The normalized spacial score (nSPS) is 15.3. The summed E-state index contributed by atoms with van der Waals surface area (Å²) in [5.74, 6) is 0.894. The molecule has 15 heavy (non-hydrogen) atoms. The molecule has 3 heteroatoms. The molecular formula is C12H16ClNO. The van der Waals surface area contributed by atoms with Crippen LogP contribution in [-0.4, -0.2) is 19.2 Å². The van der Waals surface area contributed by atoms with Crippen LogP contribution in [0.3, 0.4) is 0 Å². The fourth-order valence-electron chi connectivity index (χ4n) is 1.39. The fraction of sp³-hybridized carbons (Fsp3) is 0.500. The van der Waals surface area contributed by atoms with E-state index < -0.39 is 0 Å². The molecule has 1 N–H and O–H groups in total. The average Bonchev–Trinajstić information content (AvgIpc) is 3.04. The molecule has 0 aromatic heterocycles. The molecule has 0 saturated heterocycles. The van der Waals surface area contributed by atoms with Crippen LogP contribution >= 0.6 is 11.6 Å². The smallest absolute Gasteiger partial charge is 0.119 e. The third-order valence-corrected chi connectivity index (χ3v) is 2.67. The fourth-order valence-corrected chi connectivity index (χ4v) is 1.51. The SMILES string of the molecule is Clc1ccc(OCCCNC2CC2)cc1. The molecule has 0 radical (unpaired) electrons. The molecule has 0 spiro atoms. The Bertz CT molecular complexity index is 295. The maximum Gasteiger partial charge on any atom is 0.119 e. The van der Waals surface area contributed by atoms with E-state index in [0.717, 1.165) is 36.4 Å². The van der Waals surface area contributed by atoms with E-state index >= 15 is 0 Å². The predicted octanol–water partition coefficient (Wildman–Crippen LogP) is 2.86. The van der Waals surface area contributed by atoms with Crippen LogP contribution in [0.4, 0.5) is 0 Å². The largest absolute Gasteiger partial charge is 0.494 e. The van der Waals surface area contributed by atoms with Crippen molar-refractivity contribution in [3.05, 3.63) is 29.3 Å². The van der Waals surface area contributed by atoms with E-state index in [2.05, 4.69) is 5.32 Å². The van der Waals surface area contributed by atoms with Gasteiger partial charge in [0.05, 0.1) is 6.61 Å². The zero-order chi connectivity index (χ0) is 10.5. The molecule has 1 aliphatic rings. The number of ether oxygens (including phenoxy) is 1. The summed E-state index contributed by atoms with van der Waals surface area (Å²) >= 11 is 5.77. The highest BCUT2D eigenvalue weighted by atomic mass is 35.5. The van der Waals surface area contributed by atoms with Gasteiger partial charge in [-0.3, -0.25) is 0 Å². The minimum atomic E-state index is 0.748. The lowest BCUT2D eigenvalue weighted by molar-refractivity contribution is 0.308. The van der Waals surface area contributed by atoms with Crippen LogP contribution in [0.25, 0.3) is 0 Å². The van der Waals surface area contributed by atoms with Gasteiger partial charge in [0, 0.05) is 11.1 Å². The molecule has 1 aliphatic carbocycles. The van der Waals surface area contributed by atoms with Crippen molar-refractivity contribution < 1.29 is 4.74 Å². The summed E-state index contributed by atoms with van der Waals surface area (Å²) in [5, 5.41) is 4.20. The van der Waals surface area contributed by atoms with Gasteiger partial charge in [0.1, 0.15) is 5.75 Å². The zero-order valence-electron chi connectivity index (χ0n) is 8.71. The van der Waals surface area contributed by atoms with Gasteiger partial charge in [-0.25, -0.2) is 0 Å². The summed E-state index contributed by atoms with van der Waals surface area (Å²) in [6, 6.07) is 8.28. The van der Waals surface area contributed by atoms with Crippen molar-refractivity contribution in [1.29, 1.82) is 0 Å². The summed E-state index contributed by atoms with van der Waals surface area (Å²) < 4.78 is 5.56. The number of benzene rings is 1. The Labute approximate surface area is 95.6 Å². The second kappa shape index (κ2) is 5.38. The molecule has 1 saturated carbocycles. The quantitative estimate of drug-likeness (QED) is 0.752. The highest BCUT2D eigenvalue weighted by Gasteiger charge is 2.19. The van der Waals surface area contributed by atoms with E-state index in [9.17, 15) is 0 Å². The third kappa shape index (κ3) is 4.10. The van der Waals surface area contributed by atoms with Crippen LogP contribution in [0.1, 0.15) is 19.3 Å². The van der Waals surface area contributed by atoms with E-state index in [1.54, 1.807) is 0 Å². The van der Waals surface area contributed by atoms with Crippen LogP contribution in [0.2, 0.25) is 5.02 Å². The van der Waals surface area contributed by atoms with Gasteiger partial charge in [0.25, 0.3) is 0 Å². The van der Waals surface area contributed by atoms with Gasteiger partial charge in [-0.2, -0.15) is 0 Å². The van der Waals surface area contributed by atoms with E-state index in [1.807, 2.05) is 24.3 Å². The first kappa shape index (κ1) is 10.8. The molecule has 0 amide bonds. The van der Waals surface area contributed by atoms with Crippen LogP contribution in [0.15, 0.2) is 24.3 Å². The number of rotatable bonds is 6. The molecule has 2 nitrogen and oxygen atoms in total. The van der Waals surface area contributed by atoms with Gasteiger partial charge < -0.3 is 10.1 Å². The highest BCUT2D eigenvalue weighted by molar-refractivity contribution is 6.30. The number of hydrogen-bond acceptors (Lipinski definition) is 2. The topological polar surface area (TPSA) is 21.3 Å². The third-order valence-electron chi connectivity index (χ3n) is 2.41. The average molecular weight is 226 g/mol. The van der Waals surface area contributed by atoms with Crippen molar-refractivity contribution in [1.82, 2.24) is 5.32 Å². The first-order chi connectivity index (χ1) is 7.34. The molecule has 0 heterocycles. The summed E-state index contributed by atoms with van der Waals surface area (Å²) in [5.41, 5.74) is 0. The summed E-state index contributed by atoms with van der Waals surface area (Å²) in [4.78, 5) is 0. The minimum absolute atomic E-state index is 0.748. The maximum atomic E-state index is 5.77. The van der Waals surface area contributed by atoms with E-state index in [4.69, 9.17) is 16.3 Å². The number of hydrogen-bond donors (Lipinski definition) is 1. The summed E-state index contributed by atoms with van der Waals surface area (Å²) in [7, 11) is 0. The Morgan fingerprint density at radius 2 is 2.00 bits per heavy atom. The van der Waals surface area contributed by atoms with Crippen LogP contribution in [0.5, 0.6) is 5.75 Å². The molecule has 1 aromatic carbocycles. The van der Waals surface area contributed by atoms with Crippen molar-refractivity contribution in [3.8, 4) is 5.75 Å². The Kier molecular flexibility index (Phi) is 3.87. The van der Waals surface area contributed by atoms with Gasteiger partial charge in [-0.05, 0) is 50.1 Å². The molecule has 0 aliphatic heterocycles. The minimum Gasteiger partial charge on any atom is -0.494 e. The lowest BCUT2D eigenvalue weighted by Crippen LogP contribution is -2.19. The lowest BCUT2D eigenvalue weighted by atomic mass is 10.3. The van der Waals surface area contributed by atoms with Gasteiger partial charge in [0.2, 0.25) is 0 Å². The zero-order valence-corrected chi connectivity index (χ0v) is 9.46. The van der Waals surface area contributed by atoms with Gasteiger partial charge in [-0.1, -0.05) is 11.6 Å². The summed E-state index contributed by atoms with van der Waals surface area (Å²) in [6.45, 7) is 1.82. The van der Waals surface area contributed by atoms with Gasteiger partial charge in [0.15, 0.2) is 0 Å². The van der Waals surface area contributed by atoms with E-state index in [-0.39, 0.29) is 0 Å². The van der Waals surface area contributed by atoms with Crippen molar-refractivity contribution in [3.63, 3.8) is 0 Å². The first-order valence-corrected chi connectivity index (χ1v) is 5.84. The molecule has 0 atom stereocenters. The molecule has 82 valence electrons. The number of halogens is 1. The van der Waals surface area contributed by atoms with Crippen molar-refractivity contribution in [2.45, 2.75) is 25.3 Å². The van der Waals surface area contributed by atoms with Gasteiger partial charge in [-0.15, -0.1) is 0 Å². The van der Waals surface area contributed by atoms with Crippen molar-refractivity contribution in [2.24, 2.45) is 0 Å². The van der Waals surface area contributed by atoms with Crippen LogP contribution < -0.4 is 10.1 Å². The monoisotopic (exact) mass is 225 g/mol. The predicted molar refractivity (Wildman–Crippen MR) is 62.6 cm³/mol. The molecule has 2 rings (SSSR count). The van der Waals surface area contributed by atoms with E-state index in [0.29, 0.717) is 0 Å². The lowest BCUT2D eigenvalue weighted by Gasteiger charge is -2.06. The highest BCUT2D eigenvalue weighted by Crippen LogP contribution is 2.18. The van der Waals surface area contributed by atoms with E-state index in [1.165, 1.54) is 12.8 Å². The van der Waals surface area contributed by atoms with Crippen LogP contribution in [0, 0.1) is 0 Å². The Morgan fingerprint density at radius 1 is 1.27 bits per heavy atom. The Hall–Kier alpha value is -0.730. The standard InChI is InChI=1S/C12H16ClNO/c13-10-2-6-12(7-3-10)15-9-1-8-14-11-4-5-11/h2-3,6-7,11,14H,1,4-5,8-9H2. The van der Waals surface area contributed by atoms with Crippen molar-refractivity contribution in [2.75, 3.05) is 13.2 Å². The molecule has 1 fully saturated rings. The second-order valence-corrected chi connectivity index (χ2v) is 4.32. The van der Waals surface area contributed by atoms with Crippen LogP contribution in [-0.2, 0) is 0 Å². The van der Waals surface area contributed by atoms with Gasteiger partial charge >= 0.3 is 0 Å². The summed E-state index contributed by atoms with van der Waals surface area (Å²) in [6.07, 6.45) is 3.75. The molecule has 0 bridgehead atoms. The molecule has 0 unspecified atom stereocenters. The number of nitrogens with one attached hydrogen (secondary N) is 1. The Morgan fingerprint density at radius 3 is 2.67 bits per heavy atom. The first-order valence-electron chi connectivity index (χ1n) is 5.46. The Balaban J connectivity index is 1.58. The molecule has 1 aromatic rings.